The van der Waals surface area contributed by atoms with Crippen LogP contribution in [-0.4, -0.2) is 18.3 Å². The lowest BCUT2D eigenvalue weighted by molar-refractivity contribution is 0.118. The van der Waals surface area contributed by atoms with E-state index in [4.69, 9.17) is 9.84 Å². The highest BCUT2D eigenvalue weighted by atomic mass is 79.9. The summed E-state index contributed by atoms with van der Waals surface area (Å²) in [5, 5.41) is 8.81. The van der Waals surface area contributed by atoms with Crippen molar-refractivity contribution in [3.63, 3.8) is 0 Å². The van der Waals surface area contributed by atoms with Gasteiger partial charge in [-0.2, -0.15) is 0 Å². The van der Waals surface area contributed by atoms with E-state index in [1.165, 1.54) is 17.5 Å². The van der Waals surface area contributed by atoms with Gasteiger partial charge in [0.15, 0.2) is 0 Å². The highest BCUT2D eigenvalue weighted by Gasteiger charge is 1.92. The number of alkyl halides is 1. The normalized spacial score (nSPS) is 9.62. The fraction of sp³-hybridized carbons (Fsp3) is 0.429. The number of aliphatic hydroxyl groups is 1. The number of aliphatic hydroxyl groups excluding tert-OH is 1. The van der Waals surface area contributed by atoms with E-state index >= 15 is 0 Å². The van der Waals surface area contributed by atoms with Crippen LogP contribution in [0.4, 0.5) is 0 Å². The molecule has 0 amide bonds. The lowest BCUT2D eigenvalue weighted by atomic mass is 10.2. The van der Waals surface area contributed by atoms with Crippen LogP contribution in [-0.2, 0) is 16.7 Å². The molecule has 2 aromatic carbocycles. The van der Waals surface area contributed by atoms with Crippen molar-refractivity contribution in [3.8, 4) is 0 Å². The van der Waals surface area contributed by atoms with Gasteiger partial charge in [0.1, 0.15) is 0 Å². The standard InChI is InChI=1S/C11H15BrO.C7H6Br2.C3H8O/c1-2-3-8-13-9-10-4-6-11(12)7-5-10;8-5-6-1-3-7(9)4-2-6;1-2-3-4/h4-7H,2-3,8-9H2,1H3;1-4H,5H2;4H,2-3H2,1H3. The number of hydrogen-bond donors (Lipinski definition) is 1. The third-order valence-corrected chi connectivity index (χ3v) is 4.82. The summed E-state index contributed by atoms with van der Waals surface area (Å²) >= 11 is 10.1. The number of hydrogen-bond acceptors (Lipinski definition) is 2. The molecule has 0 aliphatic heterocycles. The Bertz CT molecular complexity index is 540. The minimum atomic E-state index is 0.319. The second-order valence-electron chi connectivity index (χ2n) is 5.52. The van der Waals surface area contributed by atoms with Gasteiger partial charge in [0.25, 0.3) is 0 Å². The van der Waals surface area contributed by atoms with Crippen molar-refractivity contribution in [1.82, 2.24) is 0 Å². The molecule has 2 rings (SSSR count). The smallest absolute Gasteiger partial charge is 0.0716 e. The van der Waals surface area contributed by atoms with Crippen LogP contribution < -0.4 is 0 Å². The fourth-order valence-electron chi connectivity index (χ4n) is 1.59. The van der Waals surface area contributed by atoms with Gasteiger partial charge in [0.2, 0.25) is 0 Å². The Kier molecular flexibility index (Phi) is 18.0. The molecule has 0 atom stereocenters. The van der Waals surface area contributed by atoms with Gasteiger partial charge in [-0.25, -0.2) is 0 Å². The molecule has 0 fully saturated rings. The van der Waals surface area contributed by atoms with E-state index in [1.54, 1.807) is 0 Å². The summed E-state index contributed by atoms with van der Waals surface area (Å²) in [6.45, 7) is 6.02. The molecule has 0 radical (unpaired) electrons. The van der Waals surface area contributed by atoms with Gasteiger partial charge in [-0.1, -0.05) is 92.3 Å². The Morgan fingerprint density at radius 2 is 1.27 bits per heavy atom. The lowest BCUT2D eigenvalue weighted by Crippen LogP contribution is -1.94. The molecule has 0 saturated heterocycles. The van der Waals surface area contributed by atoms with Gasteiger partial charge < -0.3 is 9.84 Å². The SMILES string of the molecule is BrCc1ccc(Br)cc1.CCCCOCc1ccc(Br)cc1.CCCO. The van der Waals surface area contributed by atoms with Gasteiger partial charge >= 0.3 is 0 Å². The maximum absolute atomic E-state index is 7.88. The summed E-state index contributed by atoms with van der Waals surface area (Å²) in [4.78, 5) is 0. The van der Waals surface area contributed by atoms with E-state index in [0.29, 0.717) is 6.61 Å². The molecule has 26 heavy (non-hydrogen) atoms. The predicted octanol–water partition coefficient (Wildman–Crippen LogP) is 7.50. The first-order valence-electron chi connectivity index (χ1n) is 8.80. The zero-order chi connectivity index (χ0) is 19.6. The minimum Gasteiger partial charge on any atom is -0.396 e. The third kappa shape index (κ3) is 14.9. The van der Waals surface area contributed by atoms with Gasteiger partial charge in [-0.05, 0) is 48.2 Å². The Balaban J connectivity index is 0.000000416. The molecule has 0 aliphatic carbocycles. The maximum atomic E-state index is 7.88. The summed E-state index contributed by atoms with van der Waals surface area (Å²) in [5.41, 5.74) is 2.54. The van der Waals surface area contributed by atoms with Gasteiger partial charge in [0.05, 0.1) is 6.61 Å². The van der Waals surface area contributed by atoms with Crippen LogP contribution in [0.1, 0.15) is 44.2 Å². The molecule has 0 spiro atoms. The van der Waals surface area contributed by atoms with Crippen molar-refractivity contribution in [3.05, 3.63) is 68.6 Å². The van der Waals surface area contributed by atoms with Crippen molar-refractivity contribution in [2.45, 2.75) is 45.0 Å². The number of benzene rings is 2. The van der Waals surface area contributed by atoms with Crippen molar-refractivity contribution >= 4 is 47.8 Å². The Morgan fingerprint density at radius 3 is 1.65 bits per heavy atom. The third-order valence-electron chi connectivity index (χ3n) is 3.12. The van der Waals surface area contributed by atoms with Crippen LogP contribution in [0.25, 0.3) is 0 Å². The van der Waals surface area contributed by atoms with E-state index in [9.17, 15) is 0 Å². The van der Waals surface area contributed by atoms with Crippen LogP contribution in [0.15, 0.2) is 57.5 Å². The fourth-order valence-corrected chi connectivity index (χ4v) is 2.49. The van der Waals surface area contributed by atoms with E-state index in [-0.39, 0.29) is 0 Å². The van der Waals surface area contributed by atoms with Crippen LogP contribution >= 0.6 is 47.8 Å². The minimum absolute atomic E-state index is 0.319. The second-order valence-corrected chi connectivity index (χ2v) is 7.91. The highest BCUT2D eigenvalue weighted by molar-refractivity contribution is 9.10. The molecule has 5 heteroatoms. The number of halogens is 3. The van der Waals surface area contributed by atoms with Gasteiger partial charge in [0, 0.05) is 27.5 Å². The molecular formula is C21H29Br3O2. The van der Waals surface area contributed by atoms with E-state index in [0.717, 1.165) is 40.3 Å². The van der Waals surface area contributed by atoms with Crippen LogP contribution in [0.5, 0.6) is 0 Å². The first-order chi connectivity index (χ1) is 12.6. The monoisotopic (exact) mass is 550 g/mol. The average molecular weight is 553 g/mol. The molecular weight excluding hydrogens is 524 g/mol. The lowest BCUT2D eigenvalue weighted by Gasteiger charge is -2.03. The molecule has 0 unspecified atom stereocenters. The summed E-state index contributed by atoms with van der Waals surface area (Å²) in [5.74, 6) is 0. The van der Waals surface area contributed by atoms with E-state index < -0.39 is 0 Å². The highest BCUT2D eigenvalue weighted by Crippen LogP contribution is 2.12. The van der Waals surface area contributed by atoms with Gasteiger partial charge in [-0.3, -0.25) is 0 Å². The van der Waals surface area contributed by atoms with Crippen LogP contribution in [0.2, 0.25) is 0 Å². The molecule has 0 bridgehead atoms. The van der Waals surface area contributed by atoms with E-state index in [2.05, 4.69) is 79.0 Å². The Labute approximate surface area is 183 Å². The summed E-state index contributed by atoms with van der Waals surface area (Å²) < 4.78 is 7.73. The Morgan fingerprint density at radius 1 is 0.808 bits per heavy atom. The second kappa shape index (κ2) is 18.2. The number of ether oxygens (including phenoxy) is 1. The quantitative estimate of drug-likeness (QED) is 0.285. The molecule has 1 N–H and O–H groups in total. The van der Waals surface area contributed by atoms with E-state index in [1.807, 2.05) is 31.2 Å². The molecule has 0 heterocycles. The van der Waals surface area contributed by atoms with Crippen LogP contribution in [0.3, 0.4) is 0 Å². The molecule has 146 valence electrons. The Hall–Kier alpha value is -0.200. The molecule has 0 aromatic heterocycles. The predicted molar refractivity (Wildman–Crippen MR) is 123 cm³/mol. The van der Waals surface area contributed by atoms with Crippen molar-refractivity contribution in [1.29, 1.82) is 0 Å². The van der Waals surface area contributed by atoms with Crippen molar-refractivity contribution < 1.29 is 9.84 Å². The zero-order valence-corrected chi connectivity index (χ0v) is 20.3. The molecule has 0 saturated carbocycles. The maximum Gasteiger partial charge on any atom is 0.0716 e. The topological polar surface area (TPSA) is 29.5 Å². The zero-order valence-electron chi connectivity index (χ0n) is 15.6. The van der Waals surface area contributed by atoms with Gasteiger partial charge in [-0.15, -0.1) is 0 Å². The van der Waals surface area contributed by atoms with Crippen LogP contribution in [0, 0.1) is 0 Å². The first kappa shape index (κ1) is 25.8. The summed E-state index contributed by atoms with van der Waals surface area (Å²) in [6, 6.07) is 16.5. The largest absolute Gasteiger partial charge is 0.396 e. The summed E-state index contributed by atoms with van der Waals surface area (Å²) in [7, 11) is 0. The number of rotatable bonds is 7. The summed E-state index contributed by atoms with van der Waals surface area (Å²) in [6.07, 6.45) is 3.22. The van der Waals surface area contributed by atoms with Crippen molar-refractivity contribution in [2.75, 3.05) is 13.2 Å². The number of unbranched alkanes of at least 4 members (excludes halogenated alkanes) is 1. The van der Waals surface area contributed by atoms with Crippen molar-refractivity contribution in [2.24, 2.45) is 0 Å². The first-order valence-corrected chi connectivity index (χ1v) is 11.5. The molecule has 2 aromatic rings. The average Bonchev–Trinajstić information content (AvgIpc) is 2.68. The molecule has 0 aliphatic rings. The molecule has 2 nitrogen and oxygen atoms in total.